The largest absolute Gasteiger partial charge is 0.489 e. The zero-order valence-electron chi connectivity index (χ0n) is 17.9. The SMILES string of the molecule is CC.CCC(C)ON=Cc1cccc(OCc2c(C)cccc2NC(=O)NN)c1. The van der Waals surface area contributed by atoms with Crippen LogP contribution in [0.15, 0.2) is 47.6 Å². The molecule has 2 aromatic rings. The summed E-state index contributed by atoms with van der Waals surface area (Å²) in [6.07, 6.45) is 2.64. The number of carbonyl (C=O) groups is 1. The van der Waals surface area contributed by atoms with E-state index in [2.05, 4.69) is 15.9 Å². The van der Waals surface area contributed by atoms with E-state index in [9.17, 15) is 4.79 Å². The van der Waals surface area contributed by atoms with Crippen molar-refractivity contribution in [1.82, 2.24) is 5.43 Å². The maximum absolute atomic E-state index is 11.5. The molecule has 7 nitrogen and oxygen atoms in total. The van der Waals surface area contributed by atoms with Gasteiger partial charge in [-0.05, 0) is 49.6 Å². The van der Waals surface area contributed by atoms with Crippen molar-refractivity contribution < 1.29 is 14.4 Å². The number of urea groups is 1. The Balaban J connectivity index is 0.00000204. The molecule has 158 valence electrons. The Morgan fingerprint density at radius 2 is 1.97 bits per heavy atom. The van der Waals surface area contributed by atoms with Gasteiger partial charge in [0.15, 0.2) is 0 Å². The molecule has 29 heavy (non-hydrogen) atoms. The molecule has 0 fully saturated rings. The van der Waals surface area contributed by atoms with E-state index < -0.39 is 6.03 Å². The molecule has 0 heterocycles. The first-order valence-corrected chi connectivity index (χ1v) is 9.81. The molecule has 2 rings (SSSR count). The van der Waals surface area contributed by atoms with E-state index >= 15 is 0 Å². The quantitative estimate of drug-likeness (QED) is 0.258. The average Bonchev–Trinajstić information content (AvgIpc) is 2.74. The lowest BCUT2D eigenvalue weighted by atomic mass is 10.1. The van der Waals surface area contributed by atoms with Gasteiger partial charge in [0.05, 0.1) is 6.21 Å². The van der Waals surface area contributed by atoms with Gasteiger partial charge in [-0.1, -0.05) is 50.2 Å². The van der Waals surface area contributed by atoms with Crippen molar-refractivity contribution >= 4 is 17.9 Å². The number of ether oxygens (including phenoxy) is 1. The number of amides is 2. The van der Waals surface area contributed by atoms with E-state index in [1.54, 1.807) is 12.3 Å². The van der Waals surface area contributed by atoms with Crippen LogP contribution in [-0.4, -0.2) is 18.3 Å². The maximum Gasteiger partial charge on any atom is 0.333 e. The average molecular weight is 401 g/mol. The topological polar surface area (TPSA) is 98.0 Å². The molecule has 7 heteroatoms. The molecule has 1 unspecified atom stereocenters. The van der Waals surface area contributed by atoms with Crippen LogP contribution in [0, 0.1) is 6.92 Å². The molecule has 0 aliphatic rings. The second-order valence-electron chi connectivity index (χ2n) is 6.12. The summed E-state index contributed by atoms with van der Waals surface area (Å²) < 4.78 is 5.91. The van der Waals surface area contributed by atoms with Gasteiger partial charge < -0.3 is 14.9 Å². The van der Waals surface area contributed by atoms with Crippen LogP contribution < -0.4 is 21.3 Å². The number of oxime groups is 1. The number of nitrogens with one attached hydrogen (secondary N) is 2. The lowest BCUT2D eigenvalue weighted by Crippen LogP contribution is -2.34. The van der Waals surface area contributed by atoms with Crippen molar-refractivity contribution in [2.75, 3.05) is 5.32 Å². The van der Waals surface area contributed by atoms with Crippen LogP contribution in [0.4, 0.5) is 10.5 Å². The molecule has 0 saturated heterocycles. The second kappa shape index (κ2) is 13.2. The molecule has 0 aromatic heterocycles. The van der Waals surface area contributed by atoms with E-state index in [0.717, 1.165) is 23.1 Å². The second-order valence-corrected chi connectivity index (χ2v) is 6.12. The maximum atomic E-state index is 11.5. The van der Waals surface area contributed by atoms with Crippen molar-refractivity contribution in [3.8, 4) is 5.75 Å². The Labute approximate surface area is 173 Å². The van der Waals surface area contributed by atoms with Gasteiger partial charge in [0.2, 0.25) is 0 Å². The third-order valence-electron chi connectivity index (χ3n) is 4.05. The number of anilines is 1. The number of nitrogens with zero attached hydrogens (tertiary/aromatic N) is 1. The van der Waals surface area contributed by atoms with E-state index in [-0.39, 0.29) is 6.10 Å². The van der Waals surface area contributed by atoms with Gasteiger partial charge in [-0.15, -0.1) is 0 Å². The molecule has 2 aromatic carbocycles. The highest BCUT2D eigenvalue weighted by molar-refractivity contribution is 5.89. The monoisotopic (exact) mass is 400 g/mol. The van der Waals surface area contributed by atoms with Crippen LogP contribution >= 0.6 is 0 Å². The van der Waals surface area contributed by atoms with Crippen LogP contribution in [0.2, 0.25) is 0 Å². The zero-order chi connectivity index (χ0) is 21.6. The standard InChI is InChI=1S/C20H26N4O3.C2H6/c1-4-15(3)27-22-12-16-8-6-9-17(11-16)26-13-18-14(2)7-5-10-19(18)23-20(25)24-21;1-2/h5-12,15H,4,13,21H2,1-3H3,(H2,23,24,25);1-2H3. The van der Waals surface area contributed by atoms with Crippen molar-refractivity contribution in [3.05, 3.63) is 59.2 Å². The summed E-state index contributed by atoms with van der Waals surface area (Å²) in [5, 5.41) is 6.70. The van der Waals surface area contributed by atoms with Crippen LogP contribution in [-0.2, 0) is 11.4 Å². The van der Waals surface area contributed by atoms with Gasteiger partial charge in [-0.3, -0.25) is 5.43 Å². The Bertz CT molecular complexity index is 793. The number of hydrazine groups is 1. The summed E-state index contributed by atoms with van der Waals surface area (Å²) >= 11 is 0. The van der Waals surface area contributed by atoms with Crippen molar-refractivity contribution in [2.45, 2.75) is 53.8 Å². The lowest BCUT2D eigenvalue weighted by Gasteiger charge is -2.14. The normalized spacial score (nSPS) is 11.2. The fraction of sp³-hybridized carbons (Fsp3) is 0.364. The summed E-state index contributed by atoms with van der Waals surface area (Å²) in [6.45, 7) is 10.3. The molecule has 0 spiro atoms. The van der Waals surface area contributed by atoms with Crippen LogP contribution in [0.25, 0.3) is 0 Å². The number of hydrogen-bond acceptors (Lipinski definition) is 5. The van der Waals surface area contributed by atoms with Crippen LogP contribution in [0.1, 0.15) is 50.8 Å². The van der Waals surface area contributed by atoms with Gasteiger partial charge in [-0.2, -0.15) is 0 Å². The Morgan fingerprint density at radius 1 is 1.24 bits per heavy atom. The molecule has 0 aliphatic carbocycles. The number of hydrogen-bond donors (Lipinski definition) is 3. The number of rotatable bonds is 8. The summed E-state index contributed by atoms with van der Waals surface area (Å²) in [7, 11) is 0. The Morgan fingerprint density at radius 3 is 2.66 bits per heavy atom. The molecule has 0 aliphatic heterocycles. The first kappa shape index (κ1) is 24.0. The first-order valence-electron chi connectivity index (χ1n) is 9.81. The Hall–Kier alpha value is -3.06. The van der Waals surface area contributed by atoms with Crippen LogP contribution in [0.3, 0.4) is 0 Å². The Kier molecular flexibility index (Phi) is 10.9. The van der Waals surface area contributed by atoms with E-state index in [1.165, 1.54) is 0 Å². The number of aryl methyl sites for hydroxylation is 1. The van der Waals surface area contributed by atoms with Gasteiger partial charge >= 0.3 is 6.03 Å². The van der Waals surface area contributed by atoms with E-state index in [0.29, 0.717) is 18.0 Å². The highest BCUT2D eigenvalue weighted by Gasteiger charge is 2.09. The highest BCUT2D eigenvalue weighted by atomic mass is 16.6. The number of benzene rings is 2. The first-order chi connectivity index (χ1) is 14.0. The molecule has 0 radical (unpaired) electrons. The van der Waals surface area contributed by atoms with Crippen molar-refractivity contribution in [1.29, 1.82) is 0 Å². The van der Waals surface area contributed by atoms with Crippen LogP contribution in [0.5, 0.6) is 5.75 Å². The summed E-state index contributed by atoms with van der Waals surface area (Å²) in [5.74, 6) is 5.84. The minimum Gasteiger partial charge on any atom is -0.489 e. The molecule has 0 bridgehead atoms. The van der Waals surface area contributed by atoms with E-state index in [1.807, 2.05) is 71.0 Å². The number of nitrogens with two attached hydrogens (primary N) is 1. The van der Waals surface area contributed by atoms with E-state index in [4.69, 9.17) is 15.4 Å². The van der Waals surface area contributed by atoms with Gasteiger partial charge in [0.25, 0.3) is 0 Å². The summed E-state index contributed by atoms with van der Waals surface area (Å²) in [5.41, 5.74) is 5.46. The molecular weight excluding hydrogens is 368 g/mol. The third kappa shape index (κ3) is 8.23. The highest BCUT2D eigenvalue weighted by Crippen LogP contribution is 2.22. The predicted octanol–water partition coefficient (Wildman–Crippen LogP) is 4.74. The predicted molar refractivity (Wildman–Crippen MR) is 118 cm³/mol. The fourth-order valence-electron chi connectivity index (χ4n) is 2.28. The minimum absolute atomic E-state index is 0.0818. The van der Waals surface area contributed by atoms with Gasteiger partial charge in [0.1, 0.15) is 18.5 Å². The molecule has 4 N–H and O–H groups in total. The smallest absolute Gasteiger partial charge is 0.333 e. The summed E-state index contributed by atoms with van der Waals surface area (Å²) in [4.78, 5) is 16.8. The zero-order valence-corrected chi connectivity index (χ0v) is 17.9. The molecular formula is C22H32N4O3. The molecule has 1 atom stereocenters. The van der Waals surface area contributed by atoms with Crippen molar-refractivity contribution in [3.63, 3.8) is 0 Å². The fourth-order valence-corrected chi connectivity index (χ4v) is 2.28. The van der Waals surface area contributed by atoms with Crippen molar-refractivity contribution in [2.24, 2.45) is 11.0 Å². The third-order valence-corrected chi connectivity index (χ3v) is 4.05. The lowest BCUT2D eigenvalue weighted by molar-refractivity contribution is 0.0712. The summed E-state index contributed by atoms with van der Waals surface area (Å²) in [6, 6.07) is 12.7. The minimum atomic E-state index is -0.485. The van der Waals surface area contributed by atoms with Gasteiger partial charge in [-0.25, -0.2) is 10.6 Å². The number of carbonyl (C=O) groups excluding carboxylic acids is 1. The molecule has 2 amide bonds. The molecule has 0 saturated carbocycles. The van der Waals surface area contributed by atoms with Gasteiger partial charge in [0, 0.05) is 11.3 Å².